The molecule has 2 aromatic carbocycles. The molecule has 3 aromatic rings. The summed E-state index contributed by atoms with van der Waals surface area (Å²) < 4.78 is 43.2. The first kappa shape index (κ1) is 20.3. The average molecular weight is 447 g/mol. The second kappa shape index (κ2) is 8.32. The second-order valence-corrected chi connectivity index (χ2v) is 9.98. The van der Waals surface area contributed by atoms with Crippen LogP contribution in [0, 0.1) is 5.82 Å². The van der Waals surface area contributed by atoms with Gasteiger partial charge in [-0.15, -0.1) is 0 Å². The monoisotopic (exact) mass is 446 g/mol. The number of thiazole rings is 1. The largest absolute Gasteiger partial charge is 0.307 e. The number of aryl methyl sites for hydroxylation is 1. The summed E-state index contributed by atoms with van der Waals surface area (Å²) in [5.41, 5.74) is 1.11. The van der Waals surface area contributed by atoms with Crippen LogP contribution in [0.3, 0.4) is 0 Å². The highest BCUT2D eigenvalue weighted by Crippen LogP contribution is 2.24. The van der Waals surface area contributed by atoms with Crippen molar-refractivity contribution in [2.24, 2.45) is 7.05 Å². The third kappa shape index (κ3) is 4.55. The summed E-state index contributed by atoms with van der Waals surface area (Å²) in [6, 6.07) is 9.10. The van der Waals surface area contributed by atoms with Crippen LogP contribution in [0.5, 0.6) is 0 Å². The van der Waals surface area contributed by atoms with Crippen molar-refractivity contribution in [1.82, 2.24) is 9.29 Å². The Hall–Kier alpha value is -1.39. The molecule has 0 aliphatic heterocycles. The highest BCUT2D eigenvalue weighted by atomic mass is 35.5. The van der Waals surface area contributed by atoms with Crippen LogP contribution in [-0.4, -0.2) is 25.3 Å². The van der Waals surface area contributed by atoms with Crippen LogP contribution in [-0.2, 0) is 22.8 Å². The molecule has 0 fully saturated rings. The molecule has 1 heterocycles. The van der Waals surface area contributed by atoms with E-state index in [9.17, 15) is 17.6 Å². The van der Waals surface area contributed by atoms with Crippen molar-refractivity contribution in [1.29, 1.82) is 0 Å². The summed E-state index contributed by atoms with van der Waals surface area (Å²) in [7, 11) is -2.04. The molecule has 1 N–H and O–H groups in total. The SMILES string of the molecule is Cn1c(=O)sc2cc(S(=O)(=O)NCCSCc3c(F)cccc3Cl)ccc21. The molecule has 0 amide bonds. The Labute approximate surface area is 169 Å². The fraction of sp³-hybridized carbons (Fsp3) is 0.235. The van der Waals surface area contributed by atoms with Crippen molar-refractivity contribution in [3.63, 3.8) is 0 Å². The van der Waals surface area contributed by atoms with E-state index in [1.807, 2.05) is 0 Å². The third-order valence-electron chi connectivity index (χ3n) is 3.92. The van der Waals surface area contributed by atoms with Crippen molar-refractivity contribution < 1.29 is 12.8 Å². The van der Waals surface area contributed by atoms with Gasteiger partial charge in [0.2, 0.25) is 10.0 Å². The summed E-state index contributed by atoms with van der Waals surface area (Å²) in [6.07, 6.45) is 0. The van der Waals surface area contributed by atoms with Crippen LogP contribution >= 0.6 is 34.7 Å². The maximum Gasteiger partial charge on any atom is 0.307 e. The minimum Gasteiger partial charge on any atom is -0.302 e. The van der Waals surface area contributed by atoms with Gasteiger partial charge in [0.15, 0.2) is 0 Å². The molecule has 27 heavy (non-hydrogen) atoms. The number of nitrogens with one attached hydrogen (secondary N) is 1. The number of sulfonamides is 1. The number of rotatable bonds is 7. The number of nitrogens with zero attached hydrogens (tertiary/aromatic N) is 1. The van der Waals surface area contributed by atoms with E-state index in [1.165, 1.54) is 34.5 Å². The number of hydrogen-bond donors (Lipinski definition) is 1. The van der Waals surface area contributed by atoms with Crippen LogP contribution in [0.2, 0.25) is 5.02 Å². The minimum atomic E-state index is -3.68. The summed E-state index contributed by atoms with van der Waals surface area (Å²) in [5.74, 6) is 0.452. The lowest BCUT2D eigenvalue weighted by Gasteiger charge is -2.08. The standard InChI is InChI=1S/C17H16ClFN2O3S3/c1-21-15-6-5-11(9-16(15)26-17(21)22)27(23,24)20-7-8-25-10-12-13(18)3-2-4-14(12)19/h2-6,9,20H,7-8,10H2,1H3. The van der Waals surface area contributed by atoms with E-state index in [0.29, 0.717) is 32.3 Å². The predicted molar refractivity (Wildman–Crippen MR) is 110 cm³/mol. The van der Waals surface area contributed by atoms with Gasteiger partial charge in [-0.3, -0.25) is 4.79 Å². The lowest BCUT2D eigenvalue weighted by atomic mass is 10.2. The molecule has 0 radical (unpaired) electrons. The van der Waals surface area contributed by atoms with E-state index in [1.54, 1.807) is 25.2 Å². The number of fused-ring (bicyclic) bond motifs is 1. The number of benzene rings is 2. The van der Waals surface area contributed by atoms with Gasteiger partial charge in [0.25, 0.3) is 0 Å². The van der Waals surface area contributed by atoms with Gasteiger partial charge < -0.3 is 4.57 Å². The number of hydrogen-bond acceptors (Lipinski definition) is 5. The summed E-state index contributed by atoms with van der Waals surface area (Å²) in [5, 5.41) is 0.359. The fourth-order valence-corrected chi connectivity index (χ4v) is 5.83. The van der Waals surface area contributed by atoms with Gasteiger partial charge in [-0.05, 0) is 30.3 Å². The molecule has 10 heteroatoms. The molecule has 0 bridgehead atoms. The Balaban J connectivity index is 1.59. The molecule has 144 valence electrons. The molecule has 3 rings (SSSR count). The van der Waals surface area contributed by atoms with Crippen LogP contribution in [0.15, 0.2) is 46.1 Å². The fourth-order valence-electron chi connectivity index (χ4n) is 2.46. The zero-order valence-corrected chi connectivity index (χ0v) is 17.4. The topological polar surface area (TPSA) is 68.2 Å². The Morgan fingerprint density at radius 2 is 2.07 bits per heavy atom. The van der Waals surface area contributed by atoms with Crippen molar-refractivity contribution in [2.45, 2.75) is 10.6 Å². The maximum atomic E-state index is 13.7. The molecule has 0 aliphatic carbocycles. The summed E-state index contributed by atoms with van der Waals surface area (Å²) in [6.45, 7) is 0.197. The van der Waals surface area contributed by atoms with Gasteiger partial charge in [-0.25, -0.2) is 17.5 Å². The van der Waals surface area contributed by atoms with Gasteiger partial charge in [-0.2, -0.15) is 11.8 Å². The maximum absolute atomic E-state index is 13.7. The zero-order valence-electron chi connectivity index (χ0n) is 14.2. The van der Waals surface area contributed by atoms with Crippen molar-refractivity contribution in [3.8, 4) is 0 Å². The quantitative estimate of drug-likeness (QED) is 0.563. The molecule has 0 saturated heterocycles. The summed E-state index contributed by atoms with van der Waals surface area (Å²) in [4.78, 5) is 11.7. The Kier molecular flexibility index (Phi) is 6.27. The van der Waals surface area contributed by atoms with E-state index < -0.39 is 10.0 Å². The Bertz CT molecular complexity index is 1120. The van der Waals surface area contributed by atoms with Crippen molar-refractivity contribution >= 4 is 54.9 Å². The molecular weight excluding hydrogens is 431 g/mol. The number of thioether (sulfide) groups is 1. The van der Waals surface area contributed by atoms with E-state index in [-0.39, 0.29) is 22.1 Å². The molecule has 0 saturated carbocycles. The minimum absolute atomic E-state index is 0.110. The Morgan fingerprint density at radius 3 is 2.81 bits per heavy atom. The van der Waals surface area contributed by atoms with Crippen LogP contribution < -0.4 is 9.60 Å². The first-order valence-electron chi connectivity index (χ1n) is 7.89. The van der Waals surface area contributed by atoms with Gasteiger partial charge in [-0.1, -0.05) is 29.0 Å². The van der Waals surface area contributed by atoms with E-state index in [4.69, 9.17) is 11.6 Å². The zero-order chi connectivity index (χ0) is 19.6. The average Bonchev–Trinajstić information content (AvgIpc) is 2.90. The molecule has 0 spiro atoms. The van der Waals surface area contributed by atoms with Crippen LogP contribution in [0.1, 0.15) is 5.56 Å². The van der Waals surface area contributed by atoms with Crippen LogP contribution in [0.25, 0.3) is 10.2 Å². The van der Waals surface area contributed by atoms with Gasteiger partial charge >= 0.3 is 4.87 Å². The van der Waals surface area contributed by atoms with Gasteiger partial charge in [0.1, 0.15) is 5.82 Å². The third-order valence-corrected chi connectivity index (χ3v) is 7.71. The van der Waals surface area contributed by atoms with Gasteiger partial charge in [0, 0.05) is 35.7 Å². The Morgan fingerprint density at radius 1 is 1.30 bits per heavy atom. The smallest absolute Gasteiger partial charge is 0.302 e. The summed E-state index contributed by atoms with van der Waals surface area (Å²) >= 11 is 8.36. The molecule has 0 aliphatic rings. The van der Waals surface area contributed by atoms with Gasteiger partial charge in [0.05, 0.1) is 15.1 Å². The predicted octanol–water partition coefficient (Wildman–Crippen LogP) is 3.60. The molecule has 0 unspecified atom stereocenters. The van der Waals surface area contributed by atoms with Crippen molar-refractivity contribution in [3.05, 3.63) is 62.5 Å². The number of aromatic nitrogens is 1. The molecular formula is C17H16ClFN2O3S3. The molecule has 0 atom stereocenters. The lowest BCUT2D eigenvalue weighted by molar-refractivity contribution is 0.584. The normalized spacial score (nSPS) is 12.0. The lowest BCUT2D eigenvalue weighted by Crippen LogP contribution is -2.26. The van der Waals surface area contributed by atoms with E-state index in [2.05, 4.69) is 4.72 Å². The second-order valence-electron chi connectivity index (χ2n) is 5.71. The van der Waals surface area contributed by atoms with E-state index in [0.717, 1.165) is 11.3 Å². The highest BCUT2D eigenvalue weighted by Gasteiger charge is 2.16. The molecule has 1 aromatic heterocycles. The first-order chi connectivity index (χ1) is 12.8. The molecule has 5 nitrogen and oxygen atoms in total. The first-order valence-corrected chi connectivity index (χ1v) is 11.7. The highest BCUT2D eigenvalue weighted by molar-refractivity contribution is 7.98. The van der Waals surface area contributed by atoms with Crippen molar-refractivity contribution in [2.75, 3.05) is 12.3 Å². The van der Waals surface area contributed by atoms with Crippen LogP contribution in [0.4, 0.5) is 4.39 Å². The van der Waals surface area contributed by atoms with E-state index >= 15 is 0 Å². The number of halogens is 2.